The highest BCUT2D eigenvalue weighted by Crippen LogP contribution is 2.26. The summed E-state index contributed by atoms with van der Waals surface area (Å²) in [6.45, 7) is 2.28. The van der Waals surface area contributed by atoms with Gasteiger partial charge in [-0.3, -0.25) is 9.78 Å². The van der Waals surface area contributed by atoms with Crippen LogP contribution in [0.4, 0.5) is 0 Å². The summed E-state index contributed by atoms with van der Waals surface area (Å²) in [5.74, 6) is 0.120. The number of ether oxygens (including phenoxy) is 1. The third kappa shape index (κ3) is 4.04. The molecule has 2 N–H and O–H groups in total. The van der Waals surface area contributed by atoms with E-state index in [0.29, 0.717) is 23.5 Å². The van der Waals surface area contributed by atoms with E-state index in [1.807, 2.05) is 6.92 Å². The first-order valence-electron chi connectivity index (χ1n) is 6.40. The number of phenols is 1. The Morgan fingerprint density at radius 2 is 2.14 bits per heavy atom. The third-order valence-electron chi connectivity index (χ3n) is 2.61. The number of benzene rings is 1. The predicted octanol–water partition coefficient (Wildman–Crippen LogP) is 1.95. The molecule has 1 aromatic heterocycles. The van der Waals surface area contributed by atoms with Gasteiger partial charge in [-0.15, -0.1) is 0 Å². The second kappa shape index (κ2) is 7.04. The van der Waals surface area contributed by atoms with Gasteiger partial charge in [-0.05, 0) is 42.8 Å². The van der Waals surface area contributed by atoms with E-state index in [0.717, 1.165) is 0 Å². The third-order valence-corrected chi connectivity index (χ3v) is 2.61. The van der Waals surface area contributed by atoms with Gasteiger partial charge in [0, 0.05) is 18.0 Å². The first-order valence-corrected chi connectivity index (χ1v) is 6.40. The molecule has 1 amide bonds. The zero-order chi connectivity index (χ0) is 15.1. The fourth-order valence-electron chi connectivity index (χ4n) is 1.62. The molecular formula is C15H15N3O3. The van der Waals surface area contributed by atoms with Crippen LogP contribution in [0.2, 0.25) is 0 Å². The van der Waals surface area contributed by atoms with Crippen molar-refractivity contribution in [2.45, 2.75) is 6.92 Å². The minimum atomic E-state index is -0.322. The molecule has 1 aromatic carbocycles. The van der Waals surface area contributed by atoms with Gasteiger partial charge < -0.3 is 9.84 Å². The molecule has 0 radical (unpaired) electrons. The average molecular weight is 285 g/mol. The number of aromatic hydroxyl groups is 1. The van der Waals surface area contributed by atoms with Crippen LogP contribution in [0.1, 0.15) is 22.8 Å². The summed E-state index contributed by atoms with van der Waals surface area (Å²) in [7, 11) is 0. The normalized spacial score (nSPS) is 10.5. The number of rotatable bonds is 5. The van der Waals surface area contributed by atoms with Crippen LogP contribution in [0.5, 0.6) is 11.5 Å². The number of phenolic OH excluding ortho intramolecular Hbond substituents is 1. The van der Waals surface area contributed by atoms with Gasteiger partial charge in [0.25, 0.3) is 5.91 Å². The summed E-state index contributed by atoms with van der Waals surface area (Å²) >= 11 is 0. The van der Waals surface area contributed by atoms with Gasteiger partial charge in [0.1, 0.15) is 0 Å². The molecule has 0 spiro atoms. The van der Waals surface area contributed by atoms with E-state index < -0.39 is 0 Å². The molecule has 2 aromatic rings. The number of hydrazone groups is 1. The van der Waals surface area contributed by atoms with E-state index in [1.54, 1.807) is 24.3 Å². The monoisotopic (exact) mass is 285 g/mol. The Balaban J connectivity index is 2.01. The highest BCUT2D eigenvalue weighted by Gasteiger charge is 2.03. The summed E-state index contributed by atoms with van der Waals surface area (Å²) in [5, 5.41) is 13.4. The van der Waals surface area contributed by atoms with E-state index in [9.17, 15) is 9.90 Å². The second-order valence-electron chi connectivity index (χ2n) is 4.10. The van der Waals surface area contributed by atoms with Gasteiger partial charge in [-0.1, -0.05) is 0 Å². The molecular weight excluding hydrogens is 270 g/mol. The summed E-state index contributed by atoms with van der Waals surface area (Å²) in [6.07, 6.45) is 4.54. The quantitative estimate of drug-likeness (QED) is 0.649. The number of carbonyl (C=O) groups excluding carboxylic acids is 1. The van der Waals surface area contributed by atoms with Crippen LogP contribution in [0.15, 0.2) is 47.8 Å². The van der Waals surface area contributed by atoms with Crippen molar-refractivity contribution in [2.24, 2.45) is 5.10 Å². The van der Waals surface area contributed by atoms with Gasteiger partial charge in [-0.25, -0.2) is 5.43 Å². The maximum Gasteiger partial charge on any atom is 0.271 e. The largest absolute Gasteiger partial charge is 0.504 e. The minimum Gasteiger partial charge on any atom is -0.504 e. The van der Waals surface area contributed by atoms with Crippen LogP contribution in [-0.2, 0) is 0 Å². The Labute approximate surface area is 122 Å². The lowest BCUT2D eigenvalue weighted by atomic mass is 10.2. The predicted molar refractivity (Wildman–Crippen MR) is 78.6 cm³/mol. The maximum absolute atomic E-state index is 11.7. The molecule has 0 aliphatic heterocycles. The zero-order valence-electron chi connectivity index (χ0n) is 11.5. The fraction of sp³-hybridized carbons (Fsp3) is 0.133. The Kier molecular flexibility index (Phi) is 4.87. The molecule has 21 heavy (non-hydrogen) atoms. The Morgan fingerprint density at radius 3 is 2.86 bits per heavy atom. The van der Waals surface area contributed by atoms with Crippen molar-refractivity contribution in [2.75, 3.05) is 6.61 Å². The Morgan fingerprint density at radius 1 is 1.38 bits per heavy atom. The maximum atomic E-state index is 11.7. The van der Waals surface area contributed by atoms with Crippen molar-refractivity contribution in [1.29, 1.82) is 0 Å². The molecule has 108 valence electrons. The Bertz CT molecular complexity index is 642. The lowest BCUT2D eigenvalue weighted by molar-refractivity contribution is 0.0955. The molecule has 0 aliphatic carbocycles. The van der Waals surface area contributed by atoms with E-state index in [-0.39, 0.29) is 11.7 Å². The van der Waals surface area contributed by atoms with Crippen molar-refractivity contribution in [3.05, 3.63) is 53.9 Å². The van der Waals surface area contributed by atoms with Crippen LogP contribution in [-0.4, -0.2) is 28.8 Å². The topological polar surface area (TPSA) is 83.8 Å². The van der Waals surface area contributed by atoms with E-state index in [4.69, 9.17) is 4.74 Å². The summed E-state index contributed by atoms with van der Waals surface area (Å²) in [4.78, 5) is 15.6. The van der Waals surface area contributed by atoms with Gasteiger partial charge in [-0.2, -0.15) is 5.10 Å². The number of pyridine rings is 1. The van der Waals surface area contributed by atoms with Crippen LogP contribution in [0.3, 0.4) is 0 Å². The first kappa shape index (κ1) is 14.5. The number of hydrogen-bond donors (Lipinski definition) is 2. The molecule has 6 heteroatoms. The number of nitrogens with one attached hydrogen (secondary N) is 1. The van der Waals surface area contributed by atoms with Gasteiger partial charge in [0.15, 0.2) is 11.5 Å². The minimum absolute atomic E-state index is 0.0646. The van der Waals surface area contributed by atoms with E-state index in [1.165, 1.54) is 24.7 Å². The summed E-state index contributed by atoms with van der Waals surface area (Å²) in [5.41, 5.74) is 3.59. The van der Waals surface area contributed by atoms with Gasteiger partial charge in [0.2, 0.25) is 0 Å². The van der Waals surface area contributed by atoms with Crippen molar-refractivity contribution < 1.29 is 14.6 Å². The number of hydrogen-bond acceptors (Lipinski definition) is 5. The van der Waals surface area contributed by atoms with Gasteiger partial charge in [0.05, 0.1) is 12.8 Å². The summed E-state index contributed by atoms with van der Waals surface area (Å²) in [6, 6.07) is 8.01. The molecule has 0 aliphatic rings. The van der Waals surface area contributed by atoms with Crippen molar-refractivity contribution in [3.63, 3.8) is 0 Å². The van der Waals surface area contributed by atoms with Crippen LogP contribution < -0.4 is 10.2 Å². The highest BCUT2D eigenvalue weighted by molar-refractivity contribution is 5.94. The lowest BCUT2D eigenvalue weighted by Gasteiger charge is -2.06. The average Bonchev–Trinajstić information content (AvgIpc) is 2.51. The Hall–Kier alpha value is -2.89. The van der Waals surface area contributed by atoms with E-state index >= 15 is 0 Å². The SMILES string of the molecule is CCOc1cc(/C=N/NC(=O)c2ccncc2)ccc1O. The lowest BCUT2D eigenvalue weighted by Crippen LogP contribution is -2.17. The molecule has 0 saturated heterocycles. The van der Waals surface area contributed by atoms with Crippen molar-refractivity contribution in [3.8, 4) is 11.5 Å². The second-order valence-corrected chi connectivity index (χ2v) is 4.10. The molecule has 6 nitrogen and oxygen atoms in total. The highest BCUT2D eigenvalue weighted by atomic mass is 16.5. The fourth-order valence-corrected chi connectivity index (χ4v) is 1.62. The van der Waals surface area contributed by atoms with Gasteiger partial charge >= 0.3 is 0 Å². The number of amides is 1. The first-order chi connectivity index (χ1) is 10.2. The van der Waals surface area contributed by atoms with E-state index in [2.05, 4.69) is 15.5 Å². The van der Waals surface area contributed by atoms with Crippen molar-refractivity contribution >= 4 is 12.1 Å². The smallest absolute Gasteiger partial charge is 0.271 e. The van der Waals surface area contributed by atoms with Crippen LogP contribution >= 0.6 is 0 Å². The van der Waals surface area contributed by atoms with Crippen LogP contribution in [0.25, 0.3) is 0 Å². The molecule has 0 saturated carbocycles. The molecule has 0 bridgehead atoms. The zero-order valence-corrected chi connectivity index (χ0v) is 11.5. The molecule has 1 heterocycles. The standard InChI is InChI=1S/C15H15N3O3/c1-2-21-14-9-11(3-4-13(14)19)10-17-18-15(20)12-5-7-16-8-6-12/h3-10,19H,2H2,1H3,(H,18,20)/b17-10+. The number of carbonyl (C=O) groups is 1. The van der Waals surface area contributed by atoms with Crippen molar-refractivity contribution in [1.82, 2.24) is 10.4 Å². The molecule has 0 atom stereocenters. The molecule has 0 fully saturated rings. The summed E-state index contributed by atoms with van der Waals surface area (Å²) < 4.78 is 5.27. The number of nitrogens with zero attached hydrogens (tertiary/aromatic N) is 2. The van der Waals surface area contributed by atoms with Crippen LogP contribution in [0, 0.1) is 0 Å². The molecule has 2 rings (SSSR count). The number of aromatic nitrogens is 1. The molecule has 0 unspecified atom stereocenters.